The molecule has 196 valence electrons. The Morgan fingerprint density at radius 2 is 1.84 bits per heavy atom. The lowest BCUT2D eigenvalue weighted by molar-refractivity contribution is -0.114. The van der Waals surface area contributed by atoms with Gasteiger partial charge in [-0.3, -0.25) is 4.79 Å². The van der Waals surface area contributed by atoms with E-state index >= 15 is 0 Å². The minimum absolute atomic E-state index is 0.161. The molecule has 2 aromatic carbocycles. The van der Waals surface area contributed by atoms with Gasteiger partial charge in [0.2, 0.25) is 5.91 Å². The molecule has 2 atom stereocenters. The van der Waals surface area contributed by atoms with E-state index in [1.54, 1.807) is 30.3 Å². The number of anilines is 1. The van der Waals surface area contributed by atoms with Crippen molar-refractivity contribution in [3.8, 4) is 16.9 Å². The number of carbonyl (C=O) groups excluding carboxylic acids is 2. The summed E-state index contributed by atoms with van der Waals surface area (Å²) in [5.74, 6) is 0.427. The Bertz CT molecular complexity index is 1270. The van der Waals surface area contributed by atoms with E-state index in [1.807, 2.05) is 12.1 Å². The van der Waals surface area contributed by atoms with Gasteiger partial charge in [-0.25, -0.2) is 4.79 Å². The van der Waals surface area contributed by atoms with Crippen molar-refractivity contribution in [3.05, 3.63) is 67.8 Å². The van der Waals surface area contributed by atoms with E-state index < -0.39 is 5.97 Å². The van der Waals surface area contributed by atoms with Crippen LogP contribution in [0.15, 0.2) is 42.5 Å². The molecule has 0 spiro atoms. The van der Waals surface area contributed by atoms with Gasteiger partial charge in [0.05, 0.1) is 5.02 Å². The van der Waals surface area contributed by atoms with Gasteiger partial charge < -0.3 is 10.1 Å². The fraction of sp³-hybridized carbons (Fsp3) is 0.379. The highest BCUT2D eigenvalue weighted by molar-refractivity contribution is 7.14. The summed E-state index contributed by atoms with van der Waals surface area (Å²) in [4.78, 5) is 25.9. The number of hydrogen-bond acceptors (Lipinski definition) is 4. The zero-order chi connectivity index (χ0) is 26.5. The van der Waals surface area contributed by atoms with Crippen LogP contribution in [0.2, 0.25) is 10.0 Å². The van der Waals surface area contributed by atoms with Gasteiger partial charge in [-0.2, -0.15) is 0 Å². The summed E-state index contributed by atoms with van der Waals surface area (Å²) in [5, 5.41) is 4.17. The average Bonchev–Trinajstić information content (AvgIpc) is 3.44. The Hall–Kier alpha value is -2.05. The Labute approximate surface area is 237 Å². The third-order valence-corrected chi connectivity index (χ3v) is 8.67. The number of nitrogens with one attached hydrogen (secondary N) is 1. The second kappa shape index (κ2) is 12.7. The Kier molecular flexibility index (Phi) is 9.57. The normalized spacial score (nSPS) is 17.1. The Morgan fingerprint density at radius 3 is 2.49 bits per heavy atom. The van der Waals surface area contributed by atoms with Crippen LogP contribution in [0.1, 0.15) is 66.1 Å². The number of benzene rings is 2. The number of alkyl halides is 1. The van der Waals surface area contributed by atoms with Gasteiger partial charge in [0.15, 0.2) is 0 Å². The number of thiophene rings is 1. The molecular formula is C29H30Cl3NO3S. The molecule has 1 heterocycles. The summed E-state index contributed by atoms with van der Waals surface area (Å²) in [5.41, 5.74) is 3.65. The standard InChI is InChI=1S/C29H30Cl3NO3S/c1-3-4-26-24(16-27(37-26)29(35)36-23-11-9-22(10-12-23)33-17(2)34)28-19(14-21(31)15-25(28)32)7-5-18-6-8-20(30)13-18/h9-12,14-16,18,20H,3-8,13H2,1-2H3,(H,33,34). The van der Waals surface area contributed by atoms with Gasteiger partial charge >= 0.3 is 5.97 Å². The first-order valence-electron chi connectivity index (χ1n) is 12.6. The molecule has 0 bridgehead atoms. The molecule has 0 saturated heterocycles. The molecule has 0 aliphatic heterocycles. The predicted molar refractivity (Wildman–Crippen MR) is 155 cm³/mol. The maximum Gasteiger partial charge on any atom is 0.353 e. The van der Waals surface area contributed by atoms with Crippen molar-refractivity contribution in [2.45, 2.75) is 64.2 Å². The zero-order valence-electron chi connectivity index (χ0n) is 20.9. The molecule has 1 aliphatic rings. The first-order valence-corrected chi connectivity index (χ1v) is 14.6. The average molecular weight is 579 g/mol. The highest BCUT2D eigenvalue weighted by Gasteiger charge is 2.25. The molecule has 2 unspecified atom stereocenters. The fourth-order valence-electron chi connectivity index (χ4n) is 4.88. The van der Waals surface area contributed by atoms with Crippen molar-refractivity contribution < 1.29 is 14.3 Å². The van der Waals surface area contributed by atoms with Crippen molar-refractivity contribution in [1.82, 2.24) is 0 Å². The molecule has 0 radical (unpaired) electrons. The molecular weight excluding hydrogens is 549 g/mol. The number of rotatable bonds is 9. The van der Waals surface area contributed by atoms with Crippen LogP contribution in [0, 0.1) is 5.92 Å². The van der Waals surface area contributed by atoms with E-state index in [9.17, 15) is 9.59 Å². The molecule has 1 aromatic heterocycles. The second-order valence-electron chi connectivity index (χ2n) is 9.53. The van der Waals surface area contributed by atoms with Crippen LogP contribution in [-0.2, 0) is 17.6 Å². The molecule has 3 aromatic rings. The monoisotopic (exact) mass is 577 g/mol. The molecule has 4 nitrogen and oxygen atoms in total. The summed E-state index contributed by atoms with van der Waals surface area (Å²) < 4.78 is 5.64. The molecule has 1 amide bonds. The number of halogens is 3. The summed E-state index contributed by atoms with van der Waals surface area (Å²) in [7, 11) is 0. The van der Waals surface area contributed by atoms with Crippen LogP contribution in [-0.4, -0.2) is 17.3 Å². The van der Waals surface area contributed by atoms with Crippen LogP contribution >= 0.6 is 46.1 Å². The smallest absolute Gasteiger partial charge is 0.353 e. The number of carbonyl (C=O) groups is 2. The lowest BCUT2D eigenvalue weighted by atomic mass is 9.92. The number of esters is 1. The van der Waals surface area contributed by atoms with Gasteiger partial charge in [-0.15, -0.1) is 22.9 Å². The number of amides is 1. The van der Waals surface area contributed by atoms with Gasteiger partial charge in [0.1, 0.15) is 10.6 Å². The molecule has 8 heteroatoms. The van der Waals surface area contributed by atoms with Crippen molar-refractivity contribution in [2.24, 2.45) is 5.92 Å². The van der Waals surface area contributed by atoms with Gasteiger partial charge in [0, 0.05) is 33.5 Å². The van der Waals surface area contributed by atoms with Gasteiger partial charge in [-0.05, 0) is 98.0 Å². The largest absolute Gasteiger partial charge is 0.422 e. The van der Waals surface area contributed by atoms with Crippen LogP contribution < -0.4 is 10.1 Å². The first kappa shape index (κ1) is 28.0. The molecule has 1 aliphatic carbocycles. The molecule has 4 rings (SSSR count). The van der Waals surface area contributed by atoms with Crippen molar-refractivity contribution in [2.75, 3.05) is 5.32 Å². The van der Waals surface area contributed by atoms with Crippen molar-refractivity contribution in [3.63, 3.8) is 0 Å². The Balaban J connectivity index is 1.60. The number of aryl methyl sites for hydroxylation is 2. The quantitative estimate of drug-likeness (QED) is 0.156. The number of ether oxygens (including phenoxy) is 1. The molecule has 37 heavy (non-hydrogen) atoms. The summed E-state index contributed by atoms with van der Waals surface area (Å²) >= 11 is 21.0. The lowest BCUT2D eigenvalue weighted by Gasteiger charge is -2.15. The third kappa shape index (κ3) is 7.29. The maximum absolute atomic E-state index is 13.1. The van der Waals surface area contributed by atoms with E-state index in [-0.39, 0.29) is 11.3 Å². The minimum Gasteiger partial charge on any atom is -0.422 e. The van der Waals surface area contributed by atoms with Gasteiger partial charge in [0.25, 0.3) is 0 Å². The summed E-state index contributed by atoms with van der Waals surface area (Å²) in [6.07, 6.45) is 6.92. The van der Waals surface area contributed by atoms with E-state index in [1.165, 1.54) is 18.3 Å². The molecule has 1 N–H and O–H groups in total. The predicted octanol–water partition coefficient (Wildman–Crippen LogP) is 9.19. The second-order valence-corrected chi connectivity index (χ2v) is 12.1. The third-order valence-electron chi connectivity index (χ3n) is 6.58. The summed E-state index contributed by atoms with van der Waals surface area (Å²) in [6.45, 7) is 3.56. The maximum atomic E-state index is 13.1. The van der Waals surface area contributed by atoms with Crippen LogP contribution in [0.25, 0.3) is 11.1 Å². The van der Waals surface area contributed by atoms with Crippen LogP contribution in [0.4, 0.5) is 5.69 Å². The highest BCUT2D eigenvalue weighted by atomic mass is 35.5. The van der Waals surface area contributed by atoms with E-state index in [0.29, 0.717) is 32.3 Å². The van der Waals surface area contributed by atoms with E-state index in [4.69, 9.17) is 39.5 Å². The van der Waals surface area contributed by atoms with Crippen LogP contribution in [0.5, 0.6) is 5.75 Å². The lowest BCUT2D eigenvalue weighted by Crippen LogP contribution is -2.07. The topological polar surface area (TPSA) is 55.4 Å². The molecule has 1 fully saturated rings. The molecule has 1 saturated carbocycles. The first-order chi connectivity index (χ1) is 17.7. The van der Waals surface area contributed by atoms with E-state index in [0.717, 1.165) is 66.5 Å². The highest BCUT2D eigenvalue weighted by Crippen LogP contribution is 2.42. The number of hydrogen-bond donors (Lipinski definition) is 1. The SMILES string of the molecule is CCCc1sc(C(=O)Oc2ccc(NC(C)=O)cc2)cc1-c1c(Cl)cc(Cl)cc1CCC1CCC(Cl)C1. The zero-order valence-corrected chi connectivity index (χ0v) is 24.0. The van der Waals surface area contributed by atoms with E-state index in [2.05, 4.69) is 12.2 Å². The minimum atomic E-state index is -0.424. The van der Waals surface area contributed by atoms with Crippen LogP contribution in [0.3, 0.4) is 0 Å². The van der Waals surface area contributed by atoms with Crippen molar-refractivity contribution >= 4 is 63.7 Å². The van der Waals surface area contributed by atoms with Gasteiger partial charge in [-0.1, -0.05) is 36.5 Å². The fourth-order valence-corrected chi connectivity index (χ4v) is 7.04. The summed E-state index contributed by atoms with van der Waals surface area (Å²) in [6, 6.07) is 12.4. The van der Waals surface area contributed by atoms with Crippen molar-refractivity contribution in [1.29, 1.82) is 0 Å². The Morgan fingerprint density at radius 1 is 1.08 bits per heavy atom.